The summed E-state index contributed by atoms with van der Waals surface area (Å²) in [7, 11) is -3.21. The number of H-pyrrole nitrogens is 2. The maximum atomic E-state index is 12.2. The number of benzene rings is 1. The Morgan fingerprint density at radius 1 is 1.05 bits per heavy atom. The Labute approximate surface area is 226 Å². The minimum absolute atomic E-state index is 0.169. The summed E-state index contributed by atoms with van der Waals surface area (Å²) in [6.45, 7) is 3.82. The first kappa shape index (κ1) is 24.1. The van der Waals surface area contributed by atoms with Crippen LogP contribution in [-0.4, -0.2) is 69.3 Å². The first-order valence-electron chi connectivity index (χ1n) is 13.1. The lowest BCUT2D eigenvalue weighted by atomic mass is 10.1. The number of aromatic nitrogens is 5. The third-order valence-corrected chi connectivity index (χ3v) is 9.31. The van der Waals surface area contributed by atoms with E-state index in [1.54, 1.807) is 10.5 Å². The molecule has 2 fully saturated rings. The van der Waals surface area contributed by atoms with Crippen molar-refractivity contribution in [2.45, 2.75) is 31.4 Å². The van der Waals surface area contributed by atoms with E-state index in [4.69, 9.17) is 9.72 Å². The number of hydrogen-bond acceptors (Lipinski definition) is 7. The van der Waals surface area contributed by atoms with Crippen LogP contribution in [0.5, 0.6) is 5.75 Å². The Morgan fingerprint density at radius 3 is 2.69 bits per heavy atom. The normalized spacial score (nSPS) is 18.2. The molecule has 2 aliphatic rings. The number of anilines is 1. The fourth-order valence-corrected chi connectivity index (χ4v) is 7.19. The number of nitrogens with one attached hydrogen (secondary N) is 2. The van der Waals surface area contributed by atoms with Crippen LogP contribution in [0.25, 0.3) is 33.2 Å². The fraction of sp³-hybridized carbons (Fsp3) is 0.321. The van der Waals surface area contributed by atoms with Crippen molar-refractivity contribution < 1.29 is 13.2 Å². The molecule has 1 saturated carbocycles. The third kappa shape index (κ3) is 4.22. The summed E-state index contributed by atoms with van der Waals surface area (Å²) in [5, 5.41) is 9.69. The average Bonchev–Trinajstić information content (AvgIpc) is 3.32. The van der Waals surface area contributed by atoms with Crippen molar-refractivity contribution in [3.63, 3.8) is 0 Å². The van der Waals surface area contributed by atoms with Gasteiger partial charge in [-0.15, -0.1) is 0 Å². The molecule has 11 heteroatoms. The van der Waals surface area contributed by atoms with Crippen LogP contribution in [0.4, 0.5) is 5.82 Å². The van der Waals surface area contributed by atoms with Crippen molar-refractivity contribution in [2.24, 2.45) is 0 Å². The first-order chi connectivity index (χ1) is 18.8. The summed E-state index contributed by atoms with van der Waals surface area (Å²) in [5.41, 5.74) is 4.25. The van der Waals surface area contributed by atoms with Crippen LogP contribution in [0.1, 0.15) is 31.4 Å². The second kappa shape index (κ2) is 8.78. The van der Waals surface area contributed by atoms with Crippen molar-refractivity contribution in [3.05, 3.63) is 66.6 Å². The van der Waals surface area contributed by atoms with Crippen molar-refractivity contribution >= 4 is 37.8 Å². The number of nitrogens with zero attached hydrogens (tertiary/aromatic N) is 5. The molecule has 1 unspecified atom stereocenters. The van der Waals surface area contributed by atoms with Gasteiger partial charge in [0.25, 0.3) is 0 Å². The molecule has 10 nitrogen and oxygen atoms in total. The molecule has 1 saturated heterocycles. The summed E-state index contributed by atoms with van der Waals surface area (Å²) in [5.74, 6) is 1.60. The lowest BCUT2D eigenvalue weighted by Gasteiger charge is -2.41. The van der Waals surface area contributed by atoms with Crippen LogP contribution >= 0.6 is 0 Å². The lowest BCUT2D eigenvalue weighted by Crippen LogP contribution is -2.56. The summed E-state index contributed by atoms with van der Waals surface area (Å²) in [6, 6.07) is 14.0. The van der Waals surface area contributed by atoms with E-state index in [9.17, 15) is 8.42 Å². The van der Waals surface area contributed by atoms with Crippen LogP contribution in [0.3, 0.4) is 0 Å². The quantitative estimate of drug-likeness (QED) is 0.328. The van der Waals surface area contributed by atoms with Crippen LogP contribution in [0.15, 0.2) is 61.1 Å². The largest absolute Gasteiger partial charge is 0.486 e. The minimum Gasteiger partial charge on any atom is -0.486 e. The van der Waals surface area contributed by atoms with Gasteiger partial charge in [-0.3, -0.25) is 5.10 Å². The van der Waals surface area contributed by atoms with E-state index in [1.807, 2.05) is 61.8 Å². The van der Waals surface area contributed by atoms with Gasteiger partial charge >= 0.3 is 0 Å². The number of rotatable bonds is 6. The van der Waals surface area contributed by atoms with E-state index in [1.165, 1.54) is 6.26 Å². The van der Waals surface area contributed by atoms with E-state index in [-0.39, 0.29) is 11.6 Å². The van der Waals surface area contributed by atoms with Crippen LogP contribution in [-0.2, 0) is 10.0 Å². The van der Waals surface area contributed by atoms with Crippen molar-refractivity contribution in [1.29, 1.82) is 0 Å². The highest BCUT2D eigenvalue weighted by Crippen LogP contribution is 2.46. The molecule has 1 aromatic carbocycles. The molecular formula is C28H29N7O3S. The van der Waals surface area contributed by atoms with Crippen LogP contribution in [0.2, 0.25) is 0 Å². The number of ether oxygens (including phenoxy) is 1. The molecule has 5 heterocycles. The minimum atomic E-state index is -3.21. The van der Waals surface area contributed by atoms with Gasteiger partial charge in [0.2, 0.25) is 10.0 Å². The molecule has 0 amide bonds. The molecular weight excluding hydrogens is 514 g/mol. The van der Waals surface area contributed by atoms with Crippen LogP contribution in [0, 0.1) is 0 Å². The van der Waals surface area contributed by atoms with E-state index >= 15 is 0 Å². The highest BCUT2D eigenvalue weighted by atomic mass is 32.2. The molecule has 4 aromatic heterocycles. The zero-order chi connectivity index (χ0) is 26.8. The molecule has 5 aromatic rings. The molecule has 0 radical (unpaired) electrons. The van der Waals surface area contributed by atoms with Gasteiger partial charge < -0.3 is 14.6 Å². The Bertz CT molecular complexity index is 1790. The number of aromatic amines is 2. The molecule has 1 aliphatic carbocycles. The maximum absolute atomic E-state index is 12.2. The second-order valence-electron chi connectivity index (χ2n) is 10.6. The zero-order valence-electron chi connectivity index (χ0n) is 21.8. The van der Waals surface area contributed by atoms with Crippen molar-refractivity contribution in [3.8, 4) is 17.0 Å². The monoisotopic (exact) mass is 543 g/mol. The number of sulfonamides is 1. The molecule has 1 atom stereocenters. The van der Waals surface area contributed by atoms with E-state index < -0.39 is 10.0 Å². The van der Waals surface area contributed by atoms with Gasteiger partial charge in [-0.25, -0.2) is 18.4 Å². The standard InChI is InChI=1S/C28H29N7O3S/c1-18(21-7-11-29-27-22(21)8-12-30-27)38-20-4-5-24-23(15-20)26(33-32-24)19-3-6-25(31-16-19)34-13-14-35(39(2,36)37)28(17-34)9-10-28/h3-8,11-12,15-16,18H,9-10,13-14,17H2,1-2H3,(H,29,30)(H,32,33). The van der Waals surface area contributed by atoms with Gasteiger partial charge in [0.05, 0.1) is 17.3 Å². The predicted octanol–water partition coefficient (Wildman–Crippen LogP) is 4.26. The number of piperazine rings is 1. The highest BCUT2D eigenvalue weighted by Gasteiger charge is 2.54. The van der Waals surface area contributed by atoms with Gasteiger partial charge in [0.15, 0.2) is 0 Å². The molecule has 39 heavy (non-hydrogen) atoms. The highest BCUT2D eigenvalue weighted by molar-refractivity contribution is 7.88. The predicted molar refractivity (Wildman–Crippen MR) is 150 cm³/mol. The Morgan fingerprint density at radius 2 is 1.92 bits per heavy atom. The third-order valence-electron chi connectivity index (χ3n) is 7.94. The summed E-state index contributed by atoms with van der Waals surface area (Å²) < 4.78 is 32.5. The van der Waals surface area contributed by atoms with Gasteiger partial charge in [0.1, 0.15) is 29.0 Å². The number of pyridine rings is 2. The molecule has 1 aliphatic heterocycles. The molecule has 7 rings (SSSR count). The van der Waals surface area contributed by atoms with Gasteiger partial charge in [0, 0.05) is 60.1 Å². The van der Waals surface area contributed by atoms with Crippen LogP contribution < -0.4 is 9.64 Å². The average molecular weight is 544 g/mol. The number of hydrogen-bond donors (Lipinski definition) is 2. The summed E-state index contributed by atoms with van der Waals surface area (Å²) in [6.07, 6.45) is 8.44. The van der Waals surface area contributed by atoms with Crippen molar-refractivity contribution in [1.82, 2.24) is 29.5 Å². The zero-order valence-corrected chi connectivity index (χ0v) is 22.6. The molecule has 2 N–H and O–H groups in total. The van der Waals surface area contributed by atoms with E-state index in [0.29, 0.717) is 19.6 Å². The Kier molecular flexibility index (Phi) is 5.43. The number of fused-ring (bicyclic) bond motifs is 2. The first-order valence-corrected chi connectivity index (χ1v) is 14.9. The molecule has 200 valence electrons. The SMILES string of the molecule is CC(Oc1ccc2[nH]nc(-c3ccc(N4CCN(S(C)(=O)=O)C5(CC5)C4)nc3)c2c1)c1ccnc2[nH]ccc12. The second-order valence-corrected chi connectivity index (χ2v) is 12.5. The van der Waals surface area contributed by atoms with E-state index in [0.717, 1.165) is 63.2 Å². The van der Waals surface area contributed by atoms with Crippen molar-refractivity contribution in [2.75, 3.05) is 30.8 Å². The van der Waals surface area contributed by atoms with Gasteiger partial charge in [-0.1, -0.05) is 0 Å². The summed E-state index contributed by atoms with van der Waals surface area (Å²) >= 11 is 0. The molecule has 1 spiro atoms. The Hall–Kier alpha value is -3.96. The van der Waals surface area contributed by atoms with E-state index in [2.05, 4.69) is 25.1 Å². The lowest BCUT2D eigenvalue weighted by molar-refractivity contribution is 0.229. The molecule has 0 bridgehead atoms. The maximum Gasteiger partial charge on any atom is 0.211 e. The fourth-order valence-electron chi connectivity index (χ4n) is 5.83. The topological polar surface area (TPSA) is 120 Å². The summed E-state index contributed by atoms with van der Waals surface area (Å²) in [4.78, 5) is 14.5. The smallest absolute Gasteiger partial charge is 0.211 e. The van der Waals surface area contributed by atoms with Gasteiger partial charge in [-0.05, 0) is 62.2 Å². The van der Waals surface area contributed by atoms with Gasteiger partial charge in [-0.2, -0.15) is 9.40 Å². The Balaban J connectivity index is 1.12.